The van der Waals surface area contributed by atoms with Crippen molar-refractivity contribution >= 4 is 23.2 Å². The average Bonchev–Trinajstić information content (AvgIpc) is 2.88. The lowest BCUT2D eigenvalue weighted by Gasteiger charge is -2.31. The van der Waals surface area contributed by atoms with Gasteiger partial charge in [0.15, 0.2) is 0 Å². The molecular weight excluding hydrogens is 493 g/mol. The molecule has 0 spiro atoms. The molecule has 0 saturated heterocycles. The highest BCUT2D eigenvalue weighted by atomic mass is 19.4. The number of aryl methyl sites for hydroxylation is 1. The van der Waals surface area contributed by atoms with E-state index >= 15 is 0 Å². The summed E-state index contributed by atoms with van der Waals surface area (Å²) in [6, 6.07) is 9.60. The van der Waals surface area contributed by atoms with Crippen molar-refractivity contribution in [2.45, 2.75) is 79.3 Å². The van der Waals surface area contributed by atoms with E-state index in [1.54, 1.807) is 14.0 Å². The van der Waals surface area contributed by atoms with Gasteiger partial charge in [0.05, 0.1) is 12.7 Å². The Morgan fingerprint density at radius 3 is 2.24 bits per heavy atom. The Morgan fingerprint density at radius 2 is 1.71 bits per heavy atom. The second kappa shape index (κ2) is 14.2. The molecule has 0 aromatic heterocycles. The molecule has 0 aliphatic heterocycles. The van der Waals surface area contributed by atoms with Crippen LogP contribution in [0.3, 0.4) is 0 Å². The quantitative estimate of drug-likeness (QED) is 0.378. The van der Waals surface area contributed by atoms with Crippen molar-refractivity contribution in [3.05, 3.63) is 53.1 Å². The molecule has 5 nitrogen and oxygen atoms in total. The van der Waals surface area contributed by atoms with Crippen LogP contribution in [0.25, 0.3) is 0 Å². The molecule has 2 aromatic carbocycles. The zero-order chi connectivity index (χ0) is 28.5. The fourth-order valence-corrected chi connectivity index (χ4v) is 4.97. The van der Waals surface area contributed by atoms with Gasteiger partial charge in [-0.25, -0.2) is 0 Å². The lowest BCUT2D eigenvalue weighted by molar-refractivity contribution is -0.138. The van der Waals surface area contributed by atoms with E-state index in [4.69, 9.17) is 4.74 Å². The van der Waals surface area contributed by atoms with Gasteiger partial charge in [0.25, 0.3) is 0 Å². The van der Waals surface area contributed by atoms with Gasteiger partial charge in [0.2, 0.25) is 11.8 Å². The van der Waals surface area contributed by atoms with Crippen molar-refractivity contribution in [2.75, 3.05) is 17.7 Å². The summed E-state index contributed by atoms with van der Waals surface area (Å²) in [4.78, 5) is 23.3. The predicted molar refractivity (Wildman–Crippen MR) is 146 cm³/mol. The highest BCUT2D eigenvalue weighted by molar-refractivity contribution is 5.93. The standard InChI is InChI=1S/C19H29NO2.C11H12F3NO/c1-5-13(2)15-7-9-16(10-8-15)19(21)20-17-11-6-14(3)18(12-17)22-4;1-3-8-9(11(12,13)14)5-4-6-10(8)15-7(2)16/h6,11-13,15-16H,5,7-10H2,1-4H3,(H,20,21);4-6H,3H2,1-2H3,(H,15,16). The molecule has 2 aromatic rings. The zero-order valence-corrected chi connectivity index (χ0v) is 23.3. The first kappa shape index (κ1) is 31.2. The van der Waals surface area contributed by atoms with E-state index in [1.165, 1.54) is 38.3 Å². The summed E-state index contributed by atoms with van der Waals surface area (Å²) in [7, 11) is 1.66. The number of benzene rings is 2. The second-order valence-corrected chi connectivity index (χ2v) is 10.0. The van der Waals surface area contributed by atoms with E-state index < -0.39 is 11.7 Å². The first-order chi connectivity index (χ1) is 17.9. The van der Waals surface area contributed by atoms with Gasteiger partial charge < -0.3 is 15.4 Å². The number of halogens is 3. The molecule has 0 radical (unpaired) electrons. The Balaban J connectivity index is 0.000000281. The maximum absolute atomic E-state index is 12.6. The Hall–Kier alpha value is -3.03. The van der Waals surface area contributed by atoms with E-state index in [9.17, 15) is 22.8 Å². The van der Waals surface area contributed by atoms with Crippen molar-refractivity contribution in [1.82, 2.24) is 0 Å². The number of ether oxygens (including phenoxy) is 1. The maximum atomic E-state index is 12.6. The van der Waals surface area contributed by atoms with Gasteiger partial charge in [0, 0.05) is 30.3 Å². The SMILES string of the molecule is CCC(C)C1CCC(C(=O)Nc2ccc(C)c(OC)c2)CC1.CCc1c(NC(C)=O)cccc1C(F)(F)F. The smallest absolute Gasteiger partial charge is 0.416 e. The molecule has 2 N–H and O–H groups in total. The molecule has 3 rings (SSSR count). The molecule has 2 amide bonds. The first-order valence-electron chi connectivity index (χ1n) is 13.3. The summed E-state index contributed by atoms with van der Waals surface area (Å²) in [5, 5.41) is 5.45. The zero-order valence-electron chi connectivity index (χ0n) is 23.3. The first-order valence-corrected chi connectivity index (χ1v) is 13.3. The lowest BCUT2D eigenvalue weighted by Crippen LogP contribution is -2.28. The summed E-state index contributed by atoms with van der Waals surface area (Å²) in [6.45, 7) is 9.48. The molecule has 1 fully saturated rings. The van der Waals surface area contributed by atoms with Gasteiger partial charge in [-0.1, -0.05) is 39.3 Å². The minimum atomic E-state index is -4.39. The van der Waals surface area contributed by atoms with Crippen molar-refractivity contribution < 1.29 is 27.5 Å². The molecule has 0 bridgehead atoms. The van der Waals surface area contributed by atoms with Gasteiger partial charge in [-0.05, 0) is 80.2 Å². The van der Waals surface area contributed by atoms with Crippen molar-refractivity contribution in [2.24, 2.45) is 17.8 Å². The molecule has 210 valence electrons. The average molecular weight is 535 g/mol. The number of methoxy groups -OCH3 is 1. The van der Waals surface area contributed by atoms with Crippen LogP contribution in [-0.2, 0) is 22.2 Å². The molecule has 0 heterocycles. The Kier molecular flexibility index (Phi) is 11.7. The summed E-state index contributed by atoms with van der Waals surface area (Å²) < 4.78 is 43.2. The maximum Gasteiger partial charge on any atom is 0.416 e. The van der Waals surface area contributed by atoms with Gasteiger partial charge >= 0.3 is 6.18 Å². The third-order valence-electron chi connectivity index (χ3n) is 7.41. The highest BCUT2D eigenvalue weighted by Crippen LogP contribution is 2.36. The Bertz CT molecular complexity index is 1080. The molecule has 38 heavy (non-hydrogen) atoms. The monoisotopic (exact) mass is 534 g/mol. The van der Waals surface area contributed by atoms with Crippen LogP contribution in [0.1, 0.15) is 76.5 Å². The van der Waals surface area contributed by atoms with Crippen LogP contribution in [0.15, 0.2) is 36.4 Å². The Morgan fingerprint density at radius 1 is 1.05 bits per heavy atom. The van der Waals surface area contributed by atoms with Gasteiger partial charge in [-0.3, -0.25) is 9.59 Å². The van der Waals surface area contributed by atoms with E-state index in [0.29, 0.717) is 0 Å². The van der Waals surface area contributed by atoms with Crippen LogP contribution in [-0.4, -0.2) is 18.9 Å². The van der Waals surface area contributed by atoms with Crippen molar-refractivity contribution in [1.29, 1.82) is 0 Å². The number of anilines is 2. The highest BCUT2D eigenvalue weighted by Gasteiger charge is 2.33. The minimum Gasteiger partial charge on any atom is -0.496 e. The van der Waals surface area contributed by atoms with Crippen LogP contribution in [0.4, 0.5) is 24.5 Å². The second-order valence-electron chi connectivity index (χ2n) is 10.0. The number of hydrogen-bond acceptors (Lipinski definition) is 3. The van der Waals surface area contributed by atoms with Crippen molar-refractivity contribution in [3.8, 4) is 5.75 Å². The van der Waals surface area contributed by atoms with E-state index in [1.807, 2.05) is 25.1 Å². The third kappa shape index (κ3) is 8.77. The van der Waals surface area contributed by atoms with Gasteiger partial charge in [-0.15, -0.1) is 0 Å². The molecule has 1 saturated carbocycles. The fraction of sp³-hybridized carbons (Fsp3) is 0.533. The van der Waals surface area contributed by atoms with E-state index in [0.717, 1.165) is 47.7 Å². The number of carbonyl (C=O) groups excluding carboxylic acids is 2. The number of nitrogens with one attached hydrogen (secondary N) is 2. The summed E-state index contributed by atoms with van der Waals surface area (Å²) in [5.74, 6) is 2.34. The molecule has 1 aliphatic carbocycles. The molecule has 1 atom stereocenters. The Labute approximate surface area is 224 Å². The van der Waals surface area contributed by atoms with Crippen LogP contribution < -0.4 is 15.4 Å². The molecule has 8 heteroatoms. The van der Waals surface area contributed by atoms with Crippen LogP contribution >= 0.6 is 0 Å². The third-order valence-corrected chi connectivity index (χ3v) is 7.41. The van der Waals surface area contributed by atoms with Gasteiger partial charge in [-0.2, -0.15) is 13.2 Å². The molecule has 1 unspecified atom stereocenters. The molecular formula is C30H41F3N2O3. The fourth-order valence-electron chi connectivity index (χ4n) is 4.97. The van der Waals surface area contributed by atoms with E-state index in [2.05, 4.69) is 24.5 Å². The summed E-state index contributed by atoms with van der Waals surface area (Å²) in [6.07, 6.45) is 1.47. The normalized spacial score (nSPS) is 18.0. The topological polar surface area (TPSA) is 67.4 Å². The minimum absolute atomic E-state index is 0.116. The summed E-state index contributed by atoms with van der Waals surface area (Å²) >= 11 is 0. The van der Waals surface area contributed by atoms with Crippen LogP contribution in [0.2, 0.25) is 0 Å². The van der Waals surface area contributed by atoms with Crippen molar-refractivity contribution in [3.63, 3.8) is 0 Å². The van der Waals surface area contributed by atoms with E-state index in [-0.39, 0.29) is 35.4 Å². The predicted octanol–water partition coefficient (Wildman–Crippen LogP) is 8.02. The number of carbonyl (C=O) groups is 2. The number of amides is 2. The number of hydrogen-bond donors (Lipinski definition) is 2. The van der Waals surface area contributed by atoms with Crippen LogP contribution in [0, 0.1) is 24.7 Å². The lowest BCUT2D eigenvalue weighted by atomic mass is 9.75. The summed E-state index contributed by atoms with van der Waals surface area (Å²) in [5.41, 5.74) is 1.56. The molecule has 1 aliphatic rings. The van der Waals surface area contributed by atoms with Gasteiger partial charge in [0.1, 0.15) is 5.75 Å². The number of rotatable bonds is 7. The number of alkyl halides is 3. The van der Waals surface area contributed by atoms with Crippen LogP contribution in [0.5, 0.6) is 5.75 Å². The largest absolute Gasteiger partial charge is 0.496 e.